The molecule has 6 nitrogen and oxygen atoms in total. The molecule has 0 atom stereocenters. The summed E-state index contributed by atoms with van der Waals surface area (Å²) in [7, 11) is 0. The fourth-order valence-corrected chi connectivity index (χ4v) is 1.97. The lowest BCUT2D eigenvalue weighted by atomic mass is 10.2. The number of carbonyl (C=O) groups excluding carboxylic acids is 1. The van der Waals surface area contributed by atoms with E-state index in [4.69, 9.17) is 4.74 Å². The van der Waals surface area contributed by atoms with Crippen LogP contribution in [-0.4, -0.2) is 23.0 Å². The molecule has 1 aromatic rings. The maximum Gasteiger partial charge on any atom is 0.324 e. The second-order valence-corrected chi connectivity index (χ2v) is 5.63. The van der Waals surface area contributed by atoms with Gasteiger partial charge in [-0.25, -0.2) is 0 Å². The molecule has 0 aromatic carbocycles. The first-order valence-corrected chi connectivity index (χ1v) is 6.30. The maximum atomic E-state index is 11.4. The minimum absolute atomic E-state index is 0.0842. The number of thiophene rings is 1. The summed E-state index contributed by atoms with van der Waals surface area (Å²) in [5.41, 5.74) is 0.287. The molecule has 0 fully saturated rings. The van der Waals surface area contributed by atoms with Gasteiger partial charge in [0.15, 0.2) is 0 Å². The SMILES string of the molecule is CC(C)(C)OC(=O)CNCc1csc([N+](=O)[O-])c1. The van der Waals surface area contributed by atoms with Gasteiger partial charge in [0.25, 0.3) is 0 Å². The molecule has 100 valence electrons. The summed E-state index contributed by atoms with van der Waals surface area (Å²) in [6.45, 7) is 5.89. The number of hydrogen-bond donors (Lipinski definition) is 1. The van der Waals surface area contributed by atoms with Crippen LogP contribution in [0.2, 0.25) is 0 Å². The van der Waals surface area contributed by atoms with Crippen LogP contribution >= 0.6 is 11.3 Å². The van der Waals surface area contributed by atoms with Crippen molar-refractivity contribution in [1.82, 2.24) is 5.32 Å². The van der Waals surface area contributed by atoms with Gasteiger partial charge in [0, 0.05) is 18.0 Å². The Morgan fingerprint density at radius 3 is 2.72 bits per heavy atom. The molecule has 0 saturated carbocycles. The molecule has 0 aliphatic carbocycles. The minimum atomic E-state index is -0.500. The minimum Gasteiger partial charge on any atom is -0.459 e. The van der Waals surface area contributed by atoms with E-state index in [1.165, 1.54) is 6.07 Å². The van der Waals surface area contributed by atoms with Crippen LogP contribution in [0.15, 0.2) is 11.4 Å². The smallest absolute Gasteiger partial charge is 0.324 e. The molecular weight excluding hydrogens is 256 g/mol. The van der Waals surface area contributed by atoms with Gasteiger partial charge < -0.3 is 10.1 Å². The highest BCUT2D eigenvalue weighted by atomic mass is 32.1. The maximum absolute atomic E-state index is 11.4. The van der Waals surface area contributed by atoms with Gasteiger partial charge in [0.2, 0.25) is 0 Å². The van der Waals surface area contributed by atoms with E-state index in [-0.39, 0.29) is 17.5 Å². The first kappa shape index (κ1) is 14.6. The molecule has 0 aliphatic heterocycles. The van der Waals surface area contributed by atoms with E-state index in [9.17, 15) is 14.9 Å². The fourth-order valence-electron chi connectivity index (χ4n) is 1.24. The third-order valence-corrected chi connectivity index (χ3v) is 2.77. The highest BCUT2D eigenvalue weighted by molar-refractivity contribution is 7.13. The highest BCUT2D eigenvalue weighted by Gasteiger charge is 2.16. The van der Waals surface area contributed by atoms with Crippen LogP contribution in [0, 0.1) is 10.1 Å². The topological polar surface area (TPSA) is 81.5 Å². The van der Waals surface area contributed by atoms with Crippen molar-refractivity contribution in [3.05, 3.63) is 27.1 Å². The van der Waals surface area contributed by atoms with Crippen molar-refractivity contribution in [2.45, 2.75) is 32.9 Å². The lowest BCUT2D eigenvalue weighted by Crippen LogP contribution is -2.31. The Kier molecular flexibility index (Phi) is 4.80. The molecule has 0 bridgehead atoms. The van der Waals surface area contributed by atoms with Crippen molar-refractivity contribution in [3.63, 3.8) is 0 Å². The summed E-state index contributed by atoms with van der Waals surface area (Å²) in [5, 5.41) is 15.2. The zero-order valence-corrected chi connectivity index (χ0v) is 11.4. The van der Waals surface area contributed by atoms with Gasteiger partial charge in [-0.15, -0.1) is 0 Å². The Hall–Kier alpha value is -1.47. The second kappa shape index (κ2) is 5.92. The summed E-state index contributed by atoms with van der Waals surface area (Å²) in [6, 6.07) is 1.49. The summed E-state index contributed by atoms with van der Waals surface area (Å²) in [6.07, 6.45) is 0. The third kappa shape index (κ3) is 5.24. The van der Waals surface area contributed by atoms with Crippen molar-refractivity contribution in [2.24, 2.45) is 0 Å². The third-order valence-electron chi connectivity index (χ3n) is 1.84. The number of ether oxygens (including phenoxy) is 1. The Balaban J connectivity index is 2.33. The molecule has 0 radical (unpaired) electrons. The molecular formula is C11H16N2O4S. The van der Waals surface area contributed by atoms with Gasteiger partial charge in [-0.2, -0.15) is 0 Å². The van der Waals surface area contributed by atoms with Gasteiger partial charge >= 0.3 is 11.0 Å². The van der Waals surface area contributed by atoms with Crippen molar-refractivity contribution < 1.29 is 14.5 Å². The molecule has 1 N–H and O–H groups in total. The summed E-state index contributed by atoms with van der Waals surface area (Å²) < 4.78 is 5.11. The van der Waals surface area contributed by atoms with Crippen molar-refractivity contribution >= 4 is 22.3 Å². The Labute approximate surface area is 109 Å². The zero-order chi connectivity index (χ0) is 13.8. The Bertz CT molecular complexity index is 436. The standard InChI is InChI=1S/C11H16N2O4S/c1-11(2,3)17-10(14)6-12-5-8-4-9(13(15)16)18-7-8/h4,7,12H,5-6H2,1-3H3. The van der Waals surface area contributed by atoms with E-state index in [2.05, 4.69) is 5.32 Å². The highest BCUT2D eigenvalue weighted by Crippen LogP contribution is 2.22. The van der Waals surface area contributed by atoms with Crippen LogP contribution in [0.5, 0.6) is 0 Å². The van der Waals surface area contributed by atoms with E-state index in [0.717, 1.165) is 16.9 Å². The summed E-state index contributed by atoms with van der Waals surface area (Å²) in [4.78, 5) is 21.4. The van der Waals surface area contributed by atoms with E-state index in [1.807, 2.05) is 0 Å². The van der Waals surface area contributed by atoms with Gasteiger partial charge in [0.1, 0.15) is 5.60 Å². The Morgan fingerprint density at radius 2 is 2.22 bits per heavy atom. The predicted molar refractivity (Wildman–Crippen MR) is 68.5 cm³/mol. The number of carbonyl (C=O) groups is 1. The van der Waals surface area contributed by atoms with E-state index >= 15 is 0 Å². The molecule has 1 aromatic heterocycles. The van der Waals surface area contributed by atoms with Crippen molar-refractivity contribution in [2.75, 3.05) is 6.54 Å². The lowest BCUT2D eigenvalue weighted by molar-refractivity contribution is -0.380. The van der Waals surface area contributed by atoms with Crippen LogP contribution < -0.4 is 5.32 Å². The van der Waals surface area contributed by atoms with E-state index < -0.39 is 10.5 Å². The van der Waals surface area contributed by atoms with Gasteiger partial charge in [-0.3, -0.25) is 14.9 Å². The molecule has 1 rings (SSSR count). The molecule has 0 amide bonds. The summed E-state index contributed by atoms with van der Waals surface area (Å²) in [5.74, 6) is -0.341. The average molecular weight is 272 g/mol. The van der Waals surface area contributed by atoms with E-state index in [1.54, 1.807) is 26.2 Å². The molecule has 7 heteroatoms. The fraction of sp³-hybridized carbons (Fsp3) is 0.545. The number of rotatable bonds is 5. The summed E-state index contributed by atoms with van der Waals surface area (Å²) >= 11 is 1.07. The van der Waals surface area contributed by atoms with Crippen LogP contribution in [0.3, 0.4) is 0 Å². The monoisotopic (exact) mass is 272 g/mol. The number of nitro groups is 1. The quantitative estimate of drug-likeness (QED) is 0.504. The van der Waals surface area contributed by atoms with Gasteiger partial charge in [0.05, 0.1) is 11.5 Å². The van der Waals surface area contributed by atoms with E-state index in [0.29, 0.717) is 6.54 Å². The van der Waals surface area contributed by atoms with Gasteiger partial charge in [-0.1, -0.05) is 11.3 Å². The largest absolute Gasteiger partial charge is 0.459 e. The molecule has 0 aliphatic rings. The normalized spacial score (nSPS) is 11.3. The number of nitrogens with zero attached hydrogens (tertiary/aromatic N) is 1. The number of hydrogen-bond acceptors (Lipinski definition) is 6. The van der Waals surface area contributed by atoms with Crippen LogP contribution in [0.1, 0.15) is 26.3 Å². The number of esters is 1. The number of nitrogens with one attached hydrogen (secondary N) is 1. The molecule has 18 heavy (non-hydrogen) atoms. The van der Waals surface area contributed by atoms with Crippen LogP contribution in [-0.2, 0) is 16.1 Å². The van der Waals surface area contributed by atoms with Crippen molar-refractivity contribution in [3.8, 4) is 0 Å². The second-order valence-electron chi connectivity index (χ2n) is 4.74. The zero-order valence-electron chi connectivity index (χ0n) is 10.6. The predicted octanol–water partition coefficient (Wildman–Crippen LogP) is 2.09. The first-order chi connectivity index (χ1) is 8.28. The first-order valence-electron chi connectivity index (χ1n) is 5.42. The average Bonchev–Trinajstić information content (AvgIpc) is 2.63. The molecule has 1 heterocycles. The van der Waals surface area contributed by atoms with Crippen LogP contribution in [0.25, 0.3) is 0 Å². The van der Waals surface area contributed by atoms with Gasteiger partial charge in [-0.05, 0) is 26.3 Å². The molecule has 0 saturated heterocycles. The Morgan fingerprint density at radius 1 is 1.56 bits per heavy atom. The van der Waals surface area contributed by atoms with Crippen molar-refractivity contribution in [1.29, 1.82) is 0 Å². The van der Waals surface area contributed by atoms with Crippen LogP contribution in [0.4, 0.5) is 5.00 Å². The molecule has 0 unspecified atom stereocenters. The molecule has 0 spiro atoms. The lowest BCUT2D eigenvalue weighted by Gasteiger charge is -2.19.